The summed E-state index contributed by atoms with van der Waals surface area (Å²) in [5.74, 6) is 2.88. The predicted molar refractivity (Wildman–Crippen MR) is 160 cm³/mol. The summed E-state index contributed by atoms with van der Waals surface area (Å²) in [5, 5.41) is 17.3. The van der Waals surface area contributed by atoms with Crippen molar-refractivity contribution >= 4 is 17.5 Å². The third-order valence-corrected chi connectivity index (χ3v) is 8.46. The Balaban J connectivity index is 1.02. The molecule has 3 aromatic rings. The molecule has 3 N–H and O–H groups in total. The van der Waals surface area contributed by atoms with Crippen molar-refractivity contribution in [1.29, 1.82) is 0 Å². The van der Waals surface area contributed by atoms with Crippen molar-refractivity contribution < 1.29 is 19.1 Å². The number of carbonyl (C=O) groups excluding carboxylic acids is 1. The standard InChI is InChI=1S/C31H41N7O4/c1-36-9-11-38(12-10-36)30-15-24(14-29(35-30)34-25-3-2-4-25)31(40)33-16-26(39)19-37-8-7-22-13-27(6-5-23(22)18-37)41-20-28-17-32-21-42-28/h5-6,13-15,17,21,25-26,39H,2-4,7-12,16,18-20H2,1H3,(H,33,40)(H,34,35)/t26-/m0/s1. The lowest BCUT2D eigenvalue weighted by Gasteiger charge is -2.34. The van der Waals surface area contributed by atoms with E-state index < -0.39 is 6.10 Å². The van der Waals surface area contributed by atoms with Gasteiger partial charge in [-0.1, -0.05) is 6.07 Å². The molecule has 1 aliphatic carbocycles. The van der Waals surface area contributed by atoms with E-state index in [4.69, 9.17) is 14.1 Å². The average molecular weight is 576 g/mol. The van der Waals surface area contributed by atoms with Crippen LogP contribution in [0.5, 0.6) is 5.75 Å². The lowest BCUT2D eigenvalue weighted by molar-refractivity contribution is 0.0841. The van der Waals surface area contributed by atoms with Crippen LogP contribution in [0.2, 0.25) is 0 Å². The fourth-order valence-electron chi connectivity index (χ4n) is 5.66. The summed E-state index contributed by atoms with van der Waals surface area (Å²) in [5.41, 5.74) is 3.05. The number of fused-ring (bicyclic) bond motifs is 1. The number of anilines is 2. The molecule has 4 heterocycles. The predicted octanol–water partition coefficient (Wildman–Crippen LogP) is 2.51. The number of hydrogen-bond donors (Lipinski definition) is 3. The second kappa shape index (κ2) is 13.1. The highest BCUT2D eigenvalue weighted by atomic mass is 16.5. The van der Waals surface area contributed by atoms with Gasteiger partial charge < -0.3 is 34.7 Å². The second-order valence-electron chi connectivity index (χ2n) is 11.7. The first kappa shape index (κ1) is 28.4. The van der Waals surface area contributed by atoms with Gasteiger partial charge in [-0.3, -0.25) is 9.69 Å². The topological polar surface area (TPSA) is 119 Å². The number of amides is 1. The number of aromatic nitrogens is 2. The van der Waals surface area contributed by atoms with Gasteiger partial charge >= 0.3 is 0 Å². The van der Waals surface area contributed by atoms with Gasteiger partial charge in [0.1, 0.15) is 24.0 Å². The summed E-state index contributed by atoms with van der Waals surface area (Å²) in [6, 6.07) is 10.3. The summed E-state index contributed by atoms with van der Waals surface area (Å²) in [4.78, 5) is 28.8. The average Bonchev–Trinajstić information content (AvgIpc) is 3.51. The molecule has 11 nitrogen and oxygen atoms in total. The fraction of sp³-hybridized carbons (Fsp3) is 0.516. The van der Waals surface area contributed by atoms with Crippen molar-refractivity contribution in [3.8, 4) is 5.75 Å². The highest BCUT2D eigenvalue weighted by Crippen LogP contribution is 2.26. The summed E-state index contributed by atoms with van der Waals surface area (Å²) in [6.45, 7) is 6.30. The van der Waals surface area contributed by atoms with Crippen LogP contribution in [-0.2, 0) is 19.6 Å². The monoisotopic (exact) mass is 575 g/mol. The molecule has 2 aromatic heterocycles. The SMILES string of the molecule is CN1CCN(c2cc(C(=O)NC[C@H](O)CN3CCc4cc(OCc5cnco5)ccc4C3)cc(NC3CCC3)n2)CC1. The van der Waals surface area contributed by atoms with E-state index in [9.17, 15) is 9.90 Å². The minimum absolute atomic E-state index is 0.189. The Bertz CT molecular complexity index is 1340. The van der Waals surface area contributed by atoms with Gasteiger partial charge in [0.05, 0.1) is 12.3 Å². The number of hydrogen-bond acceptors (Lipinski definition) is 10. The lowest BCUT2D eigenvalue weighted by Crippen LogP contribution is -2.45. The van der Waals surface area contributed by atoms with Crippen molar-refractivity contribution in [3.63, 3.8) is 0 Å². The number of benzene rings is 1. The van der Waals surface area contributed by atoms with Gasteiger partial charge in [-0.25, -0.2) is 9.97 Å². The van der Waals surface area contributed by atoms with Crippen LogP contribution < -0.4 is 20.3 Å². The molecule has 1 atom stereocenters. The zero-order valence-corrected chi connectivity index (χ0v) is 24.3. The maximum absolute atomic E-state index is 13.2. The van der Waals surface area contributed by atoms with E-state index in [1.54, 1.807) is 6.20 Å². The Morgan fingerprint density at radius 2 is 2.00 bits per heavy atom. The number of piperazine rings is 1. The van der Waals surface area contributed by atoms with Gasteiger partial charge in [-0.2, -0.15) is 0 Å². The van der Waals surface area contributed by atoms with Crippen LogP contribution in [0.1, 0.15) is 46.5 Å². The molecule has 0 radical (unpaired) electrons. The van der Waals surface area contributed by atoms with E-state index in [1.807, 2.05) is 18.2 Å². The number of likely N-dealkylation sites (N-methyl/N-ethyl adjacent to an activating group) is 1. The normalized spacial score (nSPS) is 18.7. The molecule has 0 unspecified atom stereocenters. The number of rotatable bonds is 11. The first-order valence-corrected chi connectivity index (χ1v) is 15.0. The molecule has 1 saturated heterocycles. The summed E-state index contributed by atoms with van der Waals surface area (Å²) < 4.78 is 11.1. The second-order valence-corrected chi connectivity index (χ2v) is 11.7. The maximum atomic E-state index is 13.2. The molecule has 2 fully saturated rings. The largest absolute Gasteiger partial charge is 0.486 e. The van der Waals surface area contributed by atoms with Crippen molar-refractivity contribution in [3.05, 3.63) is 65.4 Å². The summed E-state index contributed by atoms with van der Waals surface area (Å²) >= 11 is 0. The summed E-state index contributed by atoms with van der Waals surface area (Å²) in [7, 11) is 2.13. The van der Waals surface area contributed by atoms with Crippen molar-refractivity contribution in [2.24, 2.45) is 0 Å². The lowest BCUT2D eigenvalue weighted by atomic mass is 9.93. The zero-order valence-electron chi connectivity index (χ0n) is 24.3. The number of carbonyl (C=O) groups is 1. The maximum Gasteiger partial charge on any atom is 0.251 e. The van der Waals surface area contributed by atoms with Gasteiger partial charge in [0.2, 0.25) is 0 Å². The molecule has 0 spiro atoms. The molecule has 11 heteroatoms. The Hall–Kier alpha value is -3.67. The number of aliphatic hydroxyl groups is 1. The number of nitrogens with one attached hydrogen (secondary N) is 2. The van der Waals surface area contributed by atoms with Gasteiger partial charge in [0.25, 0.3) is 5.91 Å². The molecule has 2 aliphatic heterocycles. The summed E-state index contributed by atoms with van der Waals surface area (Å²) in [6.07, 6.45) is 6.74. The van der Waals surface area contributed by atoms with Crippen molar-refractivity contribution in [1.82, 2.24) is 25.1 Å². The quantitative estimate of drug-likeness (QED) is 0.315. The van der Waals surface area contributed by atoms with E-state index >= 15 is 0 Å². The van der Waals surface area contributed by atoms with Crippen LogP contribution in [0, 0.1) is 0 Å². The molecule has 1 amide bonds. The molecule has 0 bridgehead atoms. The number of β-amino-alcohol motifs (C(OH)–C–C–N with tert-alkyl or cyclic N) is 1. The van der Waals surface area contributed by atoms with Gasteiger partial charge in [0, 0.05) is 64.0 Å². The smallest absolute Gasteiger partial charge is 0.251 e. The number of aliphatic hydroxyl groups excluding tert-OH is 1. The molecule has 1 saturated carbocycles. The van der Waals surface area contributed by atoms with Crippen LogP contribution in [0.3, 0.4) is 0 Å². The Labute approximate surface area is 246 Å². The van der Waals surface area contributed by atoms with E-state index in [1.165, 1.54) is 23.9 Å². The highest BCUT2D eigenvalue weighted by Gasteiger charge is 2.23. The van der Waals surface area contributed by atoms with E-state index in [0.29, 0.717) is 30.5 Å². The minimum atomic E-state index is -0.675. The van der Waals surface area contributed by atoms with E-state index in [2.05, 4.69) is 49.5 Å². The van der Waals surface area contributed by atoms with Crippen LogP contribution >= 0.6 is 0 Å². The molecule has 1 aromatic carbocycles. The number of nitrogens with zero attached hydrogens (tertiary/aromatic N) is 5. The van der Waals surface area contributed by atoms with Crippen LogP contribution in [0.4, 0.5) is 11.6 Å². The van der Waals surface area contributed by atoms with Gasteiger partial charge in [-0.15, -0.1) is 0 Å². The molecule has 42 heavy (non-hydrogen) atoms. The third kappa shape index (κ3) is 7.21. The van der Waals surface area contributed by atoms with E-state index in [-0.39, 0.29) is 12.5 Å². The first-order valence-electron chi connectivity index (χ1n) is 15.0. The van der Waals surface area contributed by atoms with Gasteiger partial charge in [0.15, 0.2) is 12.2 Å². The highest BCUT2D eigenvalue weighted by molar-refractivity contribution is 5.95. The van der Waals surface area contributed by atoms with Crippen molar-refractivity contribution in [2.75, 3.05) is 63.1 Å². The van der Waals surface area contributed by atoms with Crippen molar-refractivity contribution in [2.45, 2.75) is 51.0 Å². The van der Waals surface area contributed by atoms with Crippen LogP contribution in [0.25, 0.3) is 0 Å². The Morgan fingerprint density at radius 3 is 2.76 bits per heavy atom. The molecule has 6 rings (SSSR count). The number of pyridine rings is 1. The number of ether oxygens (including phenoxy) is 1. The minimum Gasteiger partial charge on any atom is -0.486 e. The fourth-order valence-corrected chi connectivity index (χ4v) is 5.66. The Morgan fingerprint density at radius 1 is 1.14 bits per heavy atom. The number of oxazole rings is 1. The van der Waals surface area contributed by atoms with Crippen LogP contribution in [-0.4, -0.2) is 95.8 Å². The Kier molecular flexibility index (Phi) is 8.87. The molecule has 3 aliphatic rings. The third-order valence-electron chi connectivity index (χ3n) is 8.46. The molecular weight excluding hydrogens is 534 g/mol. The molecule has 224 valence electrons. The molecular formula is C31H41N7O4. The van der Waals surface area contributed by atoms with Crippen LogP contribution in [0.15, 0.2) is 47.3 Å². The van der Waals surface area contributed by atoms with E-state index in [0.717, 1.165) is 75.9 Å². The van der Waals surface area contributed by atoms with Gasteiger partial charge in [-0.05, 0) is 68.1 Å². The first-order chi connectivity index (χ1) is 20.5. The zero-order chi connectivity index (χ0) is 28.9.